The summed E-state index contributed by atoms with van der Waals surface area (Å²) in [6.07, 6.45) is 2.81. The van der Waals surface area contributed by atoms with Crippen molar-refractivity contribution >= 4 is 0 Å². The van der Waals surface area contributed by atoms with Crippen molar-refractivity contribution in [3.05, 3.63) is 12.2 Å². The second kappa shape index (κ2) is 4.72. The van der Waals surface area contributed by atoms with Crippen molar-refractivity contribution in [2.24, 2.45) is 7.05 Å². The smallest absolute Gasteiger partial charge is 0.140 e. The first-order chi connectivity index (χ1) is 7.29. The van der Waals surface area contributed by atoms with Crippen LogP contribution in [0.15, 0.2) is 6.33 Å². The predicted molar refractivity (Wildman–Crippen MR) is 58.4 cm³/mol. The van der Waals surface area contributed by atoms with Crippen LogP contribution in [-0.4, -0.2) is 45.3 Å². The van der Waals surface area contributed by atoms with Crippen molar-refractivity contribution in [2.45, 2.75) is 25.9 Å². The number of aromatic nitrogens is 3. The zero-order valence-electron chi connectivity index (χ0n) is 9.48. The molecule has 0 amide bonds. The molecule has 1 aromatic heterocycles. The van der Waals surface area contributed by atoms with Crippen LogP contribution in [0.4, 0.5) is 0 Å². The van der Waals surface area contributed by atoms with Gasteiger partial charge in [0.05, 0.1) is 6.54 Å². The number of rotatable bonds is 3. The fraction of sp³-hybridized carbons (Fsp3) is 0.800. The molecule has 0 saturated carbocycles. The SMILES string of the molecule is CCC1CN(Cc2ncnn2C)CCN1. The lowest BCUT2D eigenvalue weighted by atomic mass is 10.1. The summed E-state index contributed by atoms with van der Waals surface area (Å²) >= 11 is 0. The Morgan fingerprint density at radius 3 is 3.13 bits per heavy atom. The van der Waals surface area contributed by atoms with Gasteiger partial charge in [-0.05, 0) is 6.42 Å². The Kier molecular flexibility index (Phi) is 3.33. The quantitative estimate of drug-likeness (QED) is 0.761. The molecule has 0 radical (unpaired) electrons. The molecule has 1 aliphatic rings. The molecule has 1 atom stereocenters. The van der Waals surface area contributed by atoms with Crippen LogP contribution in [0.3, 0.4) is 0 Å². The zero-order valence-corrected chi connectivity index (χ0v) is 9.48. The van der Waals surface area contributed by atoms with E-state index in [0.717, 1.165) is 32.0 Å². The van der Waals surface area contributed by atoms with Crippen LogP contribution < -0.4 is 5.32 Å². The molecule has 0 aromatic carbocycles. The number of nitrogens with one attached hydrogen (secondary N) is 1. The molecule has 2 heterocycles. The van der Waals surface area contributed by atoms with E-state index in [1.54, 1.807) is 6.33 Å². The molecule has 5 heteroatoms. The van der Waals surface area contributed by atoms with E-state index in [2.05, 4.69) is 27.2 Å². The standard InChI is InChI=1S/C10H19N5/c1-3-9-6-15(5-4-11-9)7-10-12-8-13-14(10)2/h8-9,11H,3-7H2,1-2H3. The van der Waals surface area contributed by atoms with Gasteiger partial charge < -0.3 is 5.32 Å². The lowest BCUT2D eigenvalue weighted by Gasteiger charge is -2.32. The second-order valence-corrected chi connectivity index (χ2v) is 4.09. The Bertz CT molecular complexity index is 309. The highest BCUT2D eigenvalue weighted by Gasteiger charge is 2.18. The Morgan fingerprint density at radius 2 is 2.47 bits per heavy atom. The van der Waals surface area contributed by atoms with Crippen LogP contribution in [0, 0.1) is 0 Å². The van der Waals surface area contributed by atoms with Crippen molar-refractivity contribution in [1.82, 2.24) is 25.0 Å². The maximum atomic E-state index is 4.25. The van der Waals surface area contributed by atoms with Crippen LogP contribution in [0.5, 0.6) is 0 Å². The Hall–Kier alpha value is -0.940. The maximum Gasteiger partial charge on any atom is 0.140 e. The topological polar surface area (TPSA) is 46.0 Å². The highest BCUT2D eigenvalue weighted by atomic mass is 15.3. The minimum atomic E-state index is 0.631. The van der Waals surface area contributed by atoms with Crippen LogP contribution >= 0.6 is 0 Å². The third-order valence-electron chi connectivity index (χ3n) is 3.00. The molecule has 5 nitrogen and oxygen atoms in total. The molecule has 1 aromatic rings. The highest BCUT2D eigenvalue weighted by molar-refractivity contribution is 4.86. The molecule has 1 aliphatic heterocycles. The first-order valence-corrected chi connectivity index (χ1v) is 5.58. The second-order valence-electron chi connectivity index (χ2n) is 4.09. The molecule has 2 rings (SSSR count). The fourth-order valence-corrected chi connectivity index (χ4v) is 1.97. The minimum Gasteiger partial charge on any atom is -0.311 e. The van der Waals surface area contributed by atoms with Gasteiger partial charge in [0.25, 0.3) is 0 Å². The van der Waals surface area contributed by atoms with Crippen molar-refractivity contribution < 1.29 is 0 Å². The van der Waals surface area contributed by atoms with Gasteiger partial charge in [0.1, 0.15) is 12.2 Å². The summed E-state index contributed by atoms with van der Waals surface area (Å²) in [6, 6.07) is 0.631. The molecule has 0 spiro atoms. The molecule has 84 valence electrons. The molecular formula is C10H19N5. The average Bonchev–Trinajstić information content (AvgIpc) is 2.65. The number of nitrogens with zero attached hydrogens (tertiary/aromatic N) is 4. The predicted octanol–water partition coefficient (Wildman–Crippen LogP) is -0.00110. The van der Waals surface area contributed by atoms with Gasteiger partial charge >= 0.3 is 0 Å². The summed E-state index contributed by atoms with van der Waals surface area (Å²) in [5, 5.41) is 7.59. The third kappa shape index (κ3) is 2.54. The Labute approximate surface area is 90.5 Å². The molecule has 1 N–H and O–H groups in total. The number of hydrogen-bond acceptors (Lipinski definition) is 4. The lowest BCUT2D eigenvalue weighted by Crippen LogP contribution is -2.50. The summed E-state index contributed by atoms with van der Waals surface area (Å²) in [7, 11) is 1.95. The Balaban J connectivity index is 1.92. The van der Waals surface area contributed by atoms with Crippen molar-refractivity contribution in [1.29, 1.82) is 0 Å². The monoisotopic (exact) mass is 209 g/mol. The van der Waals surface area contributed by atoms with E-state index in [0.29, 0.717) is 6.04 Å². The summed E-state index contributed by atoms with van der Waals surface area (Å²) < 4.78 is 1.85. The number of aryl methyl sites for hydroxylation is 1. The van der Waals surface area contributed by atoms with E-state index in [-0.39, 0.29) is 0 Å². The largest absolute Gasteiger partial charge is 0.311 e. The van der Waals surface area contributed by atoms with Gasteiger partial charge in [0, 0.05) is 32.7 Å². The summed E-state index contributed by atoms with van der Waals surface area (Å²) in [5.41, 5.74) is 0. The van der Waals surface area contributed by atoms with Crippen LogP contribution in [0.1, 0.15) is 19.2 Å². The van der Waals surface area contributed by atoms with Gasteiger partial charge in [-0.1, -0.05) is 6.92 Å². The van der Waals surface area contributed by atoms with Crippen LogP contribution in [0.25, 0.3) is 0 Å². The first-order valence-electron chi connectivity index (χ1n) is 5.58. The van der Waals surface area contributed by atoms with E-state index in [1.807, 2.05) is 11.7 Å². The molecule has 15 heavy (non-hydrogen) atoms. The molecule has 0 bridgehead atoms. The molecule has 1 fully saturated rings. The molecule has 0 aliphatic carbocycles. The summed E-state index contributed by atoms with van der Waals surface area (Å²) in [5.74, 6) is 1.05. The normalized spacial score (nSPS) is 23.2. The number of hydrogen-bond donors (Lipinski definition) is 1. The van der Waals surface area contributed by atoms with Gasteiger partial charge in [-0.3, -0.25) is 9.58 Å². The lowest BCUT2D eigenvalue weighted by molar-refractivity contribution is 0.184. The van der Waals surface area contributed by atoms with Gasteiger partial charge in [-0.25, -0.2) is 4.98 Å². The fourth-order valence-electron chi connectivity index (χ4n) is 1.97. The van der Waals surface area contributed by atoms with Crippen LogP contribution in [-0.2, 0) is 13.6 Å². The number of piperazine rings is 1. The molecular weight excluding hydrogens is 190 g/mol. The minimum absolute atomic E-state index is 0.631. The van der Waals surface area contributed by atoms with E-state index in [4.69, 9.17) is 0 Å². The maximum absolute atomic E-state index is 4.25. The van der Waals surface area contributed by atoms with Gasteiger partial charge in [-0.15, -0.1) is 0 Å². The van der Waals surface area contributed by atoms with Gasteiger partial charge in [0.15, 0.2) is 0 Å². The molecule has 1 saturated heterocycles. The Morgan fingerprint density at radius 1 is 1.60 bits per heavy atom. The summed E-state index contributed by atoms with van der Waals surface area (Å²) in [4.78, 5) is 6.69. The van der Waals surface area contributed by atoms with Crippen LogP contribution in [0.2, 0.25) is 0 Å². The first kappa shape index (κ1) is 10.6. The van der Waals surface area contributed by atoms with Crippen molar-refractivity contribution in [2.75, 3.05) is 19.6 Å². The van der Waals surface area contributed by atoms with E-state index < -0.39 is 0 Å². The van der Waals surface area contributed by atoms with Crippen molar-refractivity contribution in [3.63, 3.8) is 0 Å². The van der Waals surface area contributed by atoms with E-state index in [9.17, 15) is 0 Å². The summed E-state index contributed by atoms with van der Waals surface area (Å²) in [6.45, 7) is 6.43. The average molecular weight is 209 g/mol. The van der Waals surface area contributed by atoms with Gasteiger partial charge in [0.2, 0.25) is 0 Å². The third-order valence-corrected chi connectivity index (χ3v) is 3.00. The van der Waals surface area contributed by atoms with E-state index >= 15 is 0 Å². The highest BCUT2D eigenvalue weighted by Crippen LogP contribution is 2.06. The molecule has 1 unspecified atom stereocenters. The van der Waals surface area contributed by atoms with E-state index in [1.165, 1.54) is 6.42 Å². The van der Waals surface area contributed by atoms with Crippen molar-refractivity contribution in [3.8, 4) is 0 Å². The van der Waals surface area contributed by atoms with Gasteiger partial charge in [-0.2, -0.15) is 5.10 Å². The zero-order chi connectivity index (χ0) is 10.7.